The van der Waals surface area contributed by atoms with Gasteiger partial charge in [0.15, 0.2) is 11.9 Å². The van der Waals surface area contributed by atoms with Crippen LogP contribution in [0.1, 0.15) is 52.2 Å². The number of hydrogen-bond donors (Lipinski definition) is 1. The van der Waals surface area contributed by atoms with Crippen molar-refractivity contribution in [2.75, 3.05) is 13.2 Å². The van der Waals surface area contributed by atoms with Crippen molar-refractivity contribution in [2.45, 2.75) is 66.1 Å². The number of benzene rings is 2. The largest absolute Gasteiger partial charge is 0.493 e. The Morgan fingerprint density at radius 2 is 1.71 bits per heavy atom. The van der Waals surface area contributed by atoms with Gasteiger partial charge < -0.3 is 14.2 Å². The van der Waals surface area contributed by atoms with Crippen LogP contribution in [0.3, 0.4) is 0 Å². The molecule has 0 heterocycles. The summed E-state index contributed by atoms with van der Waals surface area (Å²) in [4.78, 5) is 28.1. The van der Waals surface area contributed by atoms with Crippen LogP contribution in [0.25, 0.3) is 0 Å². The molecule has 1 unspecified atom stereocenters. The summed E-state index contributed by atoms with van der Waals surface area (Å²) < 4.78 is 16.9. The summed E-state index contributed by atoms with van der Waals surface area (Å²) in [7, 11) is 0. The molecule has 7 nitrogen and oxygen atoms in total. The second-order valence-electron chi connectivity index (χ2n) is 9.11. The first-order valence-electron chi connectivity index (χ1n) is 11.5. The van der Waals surface area contributed by atoms with Crippen molar-refractivity contribution < 1.29 is 23.8 Å². The molecular formula is C27H36N2O5. The Hall–Kier alpha value is -3.35. The smallest absolute Gasteiger partial charge is 0.413 e. The third-order valence-electron chi connectivity index (χ3n) is 4.82. The Kier molecular flexibility index (Phi) is 10.1. The summed E-state index contributed by atoms with van der Waals surface area (Å²) in [6.07, 6.45) is 0.135. The second-order valence-corrected chi connectivity index (χ2v) is 9.11. The molecule has 0 saturated heterocycles. The van der Waals surface area contributed by atoms with Crippen molar-refractivity contribution in [1.82, 2.24) is 5.32 Å². The molecule has 0 spiro atoms. The number of aliphatic imine (C=N–C) groups is 1. The zero-order valence-corrected chi connectivity index (χ0v) is 21.0. The van der Waals surface area contributed by atoms with E-state index in [4.69, 9.17) is 14.2 Å². The predicted octanol–water partition coefficient (Wildman–Crippen LogP) is 5.29. The SMILES string of the molecule is CC(=O)C(CCOc1ccc(CCN=C(C)NC(=O)OC(C)(C)C)cc1)Oc1ccccc1C. The highest BCUT2D eigenvalue weighted by molar-refractivity contribution is 5.93. The van der Waals surface area contributed by atoms with Gasteiger partial charge >= 0.3 is 6.09 Å². The first kappa shape index (κ1) is 26.9. The molecule has 0 bridgehead atoms. The van der Waals surface area contributed by atoms with E-state index in [9.17, 15) is 9.59 Å². The Labute approximate surface area is 202 Å². The van der Waals surface area contributed by atoms with Crippen LogP contribution in [-0.4, -0.2) is 42.6 Å². The summed E-state index contributed by atoms with van der Waals surface area (Å²) in [6, 6.07) is 15.4. The Balaban J connectivity index is 1.77. The summed E-state index contributed by atoms with van der Waals surface area (Å²) in [5, 5.41) is 2.62. The summed E-state index contributed by atoms with van der Waals surface area (Å²) in [6.45, 7) is 11.6. The molecule has 34 heavy (non-hydrogen) atoms. The van der Waals surface area contributed by atoms with Gasteiger partial charge in [-0.25, -0.2) is 4.79 Å². The van der Waals surface area contributed by atoms with E-state index in [2.05, 4.69) is 10.3 Å². The molecule has 7 heteroatoms. The van der Waals surface area contributed by atoms with Crippen LogP contribution >= 0.6 is 0 Å². The molecule has 0 fully saturated rings. The molecule has 1 N–H and O–H groups in total. The van der Waals surface area contributed by atoms with E-state index in [1.165, 1.54) is 6.92 Å². The summed E-state index contributed by atoms with van der Waals surface area (Å²) >= 11 is 0. The van der Waals surface area contributed by atoms with Gasteiger partial charge in [-0.3, -0.25) is 15.1 Å². The van der Waals surface area contributed by atoms with Gasteiger partial charge in [0, 0.05) is 13.0 Å². The number of nitrogens with zero attached hydrogens (tertiary/aromatic N) is 1. The standard InChI is InChI=1S/C27H36N2O5/c1-19-9-7-8-10-24(19)33-25(20(2)30)16-18-32-23-13-11-22(12-14-23)15-17-28-21(3)29-26(31)34-27(4,5)6/h7-14,25H,15-18H2,1-6H3,(H,28,29,31). The molecular weight excluding hydrogens is 432 g/mol. The number of alkyl carbamates (subject to hydrolysis) is 1. The minimum absolute atomic E-state index is 0.0285. The Morgan fingerprint density at radius 3 is 2.32 bits per heavy atom. The molecule has 0 aliphatic heterocycles. The van der Waals surface area contributed by atoms with Gasteiger partial charge in [-0.05, 0) is 77.3 Å². The molecule has 0 aliphatic rings. The zero-order valence-electron chi connectivity index (χ0n) is 21.0. The molecule has 0 radical (unpaired) electrons. The lowest BCUT2D eigenvalue weighted by molar-refractivity contribution is -0.124. The highest BCUT2D eigenvalue weighted by Gasteiger charge is 2.18. The van der Waals surface area contributed by atoms with Crippen LogP contribution in [0.4, 0.5) is 4.79 Å². The fraction of sp³-hybridized carbons (Fsp3) is 0.444. The molecule has 0 saturated carbocycles. The Morgan fingerprint density at radius 1 is 1.03 bits per heavy atom. The summed E-state index contributed by atoms with van der Waals surface area (Å²) in [5.74, 6) is 1.93. The lowest BCUT2D eigenvalue weighted by atomic mass is 10.1. The number of aryl methyl sites for hydroxylation is 1. The number of carbonyl (C=O) groups is 2. The van der Waals surface area contributed by atoms with Gasteiger partial charge in [-0.1, -0.05) is 30.3 Å². The van der Waals surface area contributed by atoms with E-state index >= 15 is 0 Å². The van der Waals surface area contributed by atoms with Gasteiger partial charge in [0.25, 0.3) is 0 Å². The van der Waals surface area contributed by atoms with Gasteiger partial charge in [0.2, 0.25) is 0 Å². The number of amides is 1. The number of Topliss-reactive ketones (excluding diaryl/α,β-unsaturated/α-hetero) is 1. The van der Waals surface area contributed by atoms with E-state index in [0.29, 0.717) is 31.2 Å². The number of ether oxygens (including phenoxy) is 3. The van der Waals surface area contributed by atoms with Crippen molar-refractivity contribution >= 4 is 17.7 Å². The topological polar surface area (TPSA) is 86.2 Å². The van der Waals surface area contributed by atoms with Gasteiger partial charge in [-0.2, -0.15) is 0 Å². The van der Waals surface area contributed by atoms with Gasteiger partial charge in [0.05, 0.1) is 6.61 Å². The first-order valence-corrected chi connectivity index (χ1v) is 11.5. The van der Waals surface area contributed by atoms with E-state index in [1.54, 1.807) is 6.92 Å². The van der Waals surface area contributed by atoms with Crippen molar-refractivity contribution in [1.29, 1.82) is 0 Å². The number of hydrogen-bond acceptors (Lipinski definition) is 6. The maximum absolute atomic E-state index is 12.0. The minimum Gasteiger partial charge on any atom is -0.493 e. The maximum atomic E-state index is 12.0. The van der Waals surface area contributed by atoms with Crippen molar-refractivity contribution in [3.63, 3.8) is 0 Å². The van der Waals surface area contributed by atoms with E-state index < -0.39 is 17.8 Å². The summed E-state index contributed by atoms with van der Waals surface area (Å²) in [5.41, 5.74) is 1.55. The minimum atomic E-state index is -0.547. The van der Waals surface area contributed by atoms with E-state index in [0.717, 1.165) is 23.3 Å². The molecule has 1 atom stereocenters. The number of nitrogens with one attached hydrogen (secondary N) is 1. The van der Waals surface area contributed by atoms with Crippen LogP contribution in [0.15, 0.2) is 53.5 Å². The third-order valence-corrected chi connectivity index (χ3v) is 4.82. The molecule has 2 aromatic carbocycles. The van der Waals surface area contributed by atoms with Crippen LogP contribution < -0.4 is 14.8 Å². The van der Waals surface area contributed by atoms with Crippen molar-refractivity contribution in [3.8, 4) is 11.5 Å². The van der Waals surface area contributed by atoms with Crippen LogP contribution in [0.5, 0.6) is 11.5 Å². The average molecular weight is 469 g/mol. The van der Waals surface area contributed by atoms with Crippen LogP contribution in [0, 0.1) is 6.92 Å². The monoisotopic (exact) mass is 468 g/mol. The van der Waals surface area contributed by atoms with Crippen molar-refractivity contribution in [3.05, 3.63) is 59.7 Å². The van der Waals surface area contributed by atoms with Gasteiger partial charge in [-0.15, -0.1) is 0 Å². The number of carbonyl (C=O) groups excluding carboxylic acids is 2. The number of amidine groups is 1. The fourth-order valence-corrected chi connectivity index (χ4v) is 3.07. The first-order chi connectivity index (χ1) is 16.0. The van der Waals surface area contributed by atoms with Gasteiger partial charge in [0.1, 0.15) is 22.9 Å². The molecule has 0 aromatic heterocycles. The Bertz CT molecular complexity index is 977. The molecule has 0 aliphatic carbocycles. The van der Waals surface area contributed by atoms with E-state index in [-0.39, 0.29) is 5.78 Å². The predicted molar refractivity (Wildman–Crippen MR) is 134 cm³/mol. The highest BCUT2D eigenvalue weighted by atomic mass is 16.6. The molecule has 2 rings (SSSR count). The fourth-order valence-electron chi connectivity index (χ4n) is 3.07. The molecule has 184 valence electrons. The zero-order chi connectivity index (χ0) is 25.1. The lowest BCUT2D eigenvalue weighted by Gasteiger charge is -2.19. The third kappa shape index (κ3) is 10.1. The quantitative estimate of drug-likeness (QED) is 0.378. The number of ketones is 1. The maximum Gasteiger partial charge on any atom is 0.413 e. The van der Waals surface area contributed by atoms with Crippen LogP contribution in [-0.2, 0) is 16.0 Å². The number of para-hydroxylation sites is 1. The lowest BCUT2D eigenvalue weighted by Crippen LogP contribution is -2.35. The second kappa shape index (κ2) is 12.8. The molecule has 2 aromatic rings. The van der Waals surface area contributed by atoms with Crippen LogP contribution in [0.2, 0.25) is 0 Å². The highest BCUT2D eigenvalue weighted by Crippen LogP contribution is 2.20. The normalized spacial score (nSPS) is 12.6. The average Bonchev–Trinajstić information content (AvgIpc) is 2.74. The number of rotatable bonds is 10. The van der Waals surface area contributed by atoms with Crippen molar-refractivity contribution in [2.24, 2.45) is 4.99 Å². The van der Waals surface area contributed by atoms with E-state index in [1.807, 2.05) is 76.2 Å². The molecule has 1 amide bonds.